The number of amides is 1. The predicted molar refractivity (Wildman–Crippen MR) is 121 cm³/mol. The van der Waals surface area contributed by atoms with Crippen LogP contribution in [-0.4, -0.2) is 27.6 Å². The van der Waals surface area contributed by atoms with Crippen LogP contribution in [0.4, 0.5) is 17.2 Å². The van der Waals surface area contributed by atoms with Crippen LogP contribution in [0.5, 0.6) is 5.75 Å². The monoisotopic (exact) mass is 414 g/mol. The highest BCUT2D eigenvalue weighted by Gasteiger charge is 2.11. The number of carbonyl (C=O) groups excluding carboxylic acids is 1. The molecule has 3 N–H and O–H groups in total. The average molecular weight is 414 g/mol. The van der Waals surface area contributed by atoms with Crippen LogP contribution in [0.15, 0.2) is 73.1 Å². The second-order valence-electron chi connectivity index (χ2n) is 6.81. The molecule has 4 rings (SSSR count). The number of benzene rings is 3. The highest BCUT2D eigenvalue weighted by molar-refractivity contribution is 6.04. The van der Waals surface area contributed by atoms with Crippen molar-refractivity contribution in [3.8, 4) is 5.75 Å². The van der Waals surface area contributed by atoms with E-state index < -0.39 is 0 Å². The van der Waals surface area contributed by atoms with Crippen molar-refractivity contribution in [2.45, 2.75) is 13.5 Å². The van der Waals surface area contributed by atoms with E-state index in [0.717, 1.165) is 11.1 Å². The van der Waals surface area contributed by atoms with Gasteiger partial charge >= 0.3 is 0 Å². The summed E-state index contributed by atoms with van der Waals surface area (Å²) in [6.45, 7) is 2.25. The highest BCUT2D eigenvalue weighted by Crippen LogP contribution is 2.30. The van der Waals surface area contributed by atoms with E-state index in [0.29, 0.717) is 40.5 Å². The van der Waals surface area contributed by atoms with Gasteiger partial charge in [0, 0.05) is 34.0 Å². The van der Waals surface area contributed by atoms with Crippen molar-refractivity contribution in [1.82, 2.24) is 9.97 Å². The van der Waals surface area contributed by atoms with Crippen molar-refractivity contribution >= 4 is 34.0 Å². The number of hydrogen-bond acceptors (Lipinski definition) is 6. The molecule has 4 aromatic rings. The first-order chi connectivity index (χ1) is 15.2. The van der Waals surface area contributed by atoms with Crippen molar-refractivity contribution in [1.29, 1.82) is 0 Å². The number of aliphatic hydroxyl groups is 1. The van der Waals surface area contributed by atoms with Gasteiger partial charge in [-0.25, -0.2) is 9.97 Å². The molecule has 0 unspecified atom stereocenters. The summed E-state index contributed by atoms with van der Waals surface area (Å²) in [5, 5.41) is 16.6. The van der Waals surface area contributed by atoms with Gasteiger partial charge in [0.25, 0.3) is 5.91 Å². The van der Waals surface area contributed by atoms with Crippen LogP contribution >= 0.6 is 0 Å². The first kappa shape index (κ1) is 20.3. The number of aromatic nitrogens is 2. The third kappa shape index (κ3) is 4.62. The summed E-state index contributed by atoms with van der Waals surface area (Å²) in [7, 11) is 0. The number of nitrogens with one attached hydrogen (secondary N) is 2. The fourth-order valence-electron chi connectivity index (χ4n) is 3.21. The van der Waals surface area contributed by atoms with Gasteiger partial charge in [0.1, 0.15) is 17.9 Å². The molecule has 156 valence electrons. The molecule has 0 aliphatic carbocycles. The van der Waals surface area contributed by atoms with Crippen LogP contribution < -0.4 is 15.4 Å². The molecule has 0 saturated heterocycles. The SMILES string of the molecule is CCOc1cc2ncnc(Nc3ccc(NC(=O)c4ccccc4)cc3)c2cc1CO. The standard InChI is InChI=1S/C24H22N4O3/c1-2-31-22-13-21-20(12-17(22)14-29)23(26-15-25-21)27-18-8-10-19(11-9-18)28-24(30)16-6-4-3-5-7-16/h3-13,15,29H,2,14H2,1H3,(H,28,30)(H,25,26,27). The molecule has 1 amide bonds. The van der Waals surface area contributed by atoms with Crippen LogP contribution in [0.25, 0.3) is 10.9 Å². The van der Waals surface area contributed by atoms with Gasteiger partial charge in [-0.3, -0.25) is 4.79 Å². The zero-order chi connectivity index (χ0) is 21.6. The van der Waals surface area contributed by atoms with Crippen LogP contribution in [0.2, 0.25) is 0 Å². The molecule has 1 heterocycles. The van der Waals surface area contributed by atoms with E-state index in [1.54, 1.807) is 18.2 Å². The lowest BCUT2D eigenvalue weighted by Crippen LogP contribution is -2.11. The number of ether oxygens (including phenoxy) is 1. The predicted octanol–water partition coefficient (Wildman–Crippen LogP) is 4.52. The second kappa shape index (κ2) is 9.23. The number of carbonyl (C=O) groups is 1. The minimum absolute atomic E-state index is 0.143. The maximum Gasteiger partial charge on any atom is 0.255 e. The van der Waals surface area contributed by atoms with Crippen molar-refractivity contribution in [3.63, 3.8) is 0 Å². The zero-order valence-electron chi connectivity index (χ0n) is 17.0. The van der Waals surface area contributed by atoms with Gasteiger partial charge < -0.3 is 20.5 Å². The van der Waals surface area contributed by atoms with E-state index >= 15 is 0 Å². The highest BCUT2D eigenvalue weighted by atomic mass is 16.5. The number of nitrogens with zero attached hydrogens (tertiary/aromatic N) is 2. The van der Waals surface area contributed by atoms with E-state index in [4.69, 9.17) is 4.74 Å². The third-order valence-electron chi connectivity index (χ3n) is 4.73. The van der Waals surface area contributed by atoms with E-state index in [1.165, 1.54) is 6.33 Å². The average Bonchev–Trinajstić information content (AvgIpc) is 2.81. The first-order valence-electron chi connectivity index (χ1n) is 9.92. The molecule has 0 spiro atoms. The molecule has 0 saturated carbocycles. The van der Waals surface area contributed by atoms with Gasteiger partial charge in [0.15, 0.2) is 0 Å². The van der Waals surface area contributed by atoms with E-state index in [1.807, 2.05) is 55.5 Å². The fraction of sp³-hybridized carbons (Fsp3) is 0.125. The maximum atomic E-state index is 12.3. The molecule has 7 heteroatoms. The van der Waals surface area contributed by atoms with E-state index in [-0.39, 0.29) is 12.5 Å². The molecule has 0 fully saturated rings. The van der Waals surface area contributed by atoms with Crippen LogP contribution in [0, 0.1) is 0 Å². The Hall–Kier alpha value is -3.97. The third-order valence-corrected chi connectivity index (χ3v) is 4.73. The number of fused-ring (bicyclic) bond motifs is 1. The Morgan fingerprint density at radius 2 is 1.74 bits per heavy atom. The van der Waals surface area contributed by atoms with Crippen LogP contribution in [0.1, 0.15) is 22.8 Å². The number of hydrogen-bond donors (Lipinski definition) is 3. The van der Waals surface area contributed by atoms with Gasteiger partial charge in [0.05, 0.1) is 18.7 Å². The Kier molecular flexibility index (Phi) is 6.05. The summed E-state index contributed by atoms with van der Waals surface area (Å²) in [5.41, 5.74) is 3.48. The summed E-state index contributed by atoms with van der Waals surface area (Å²) in [6.07, 6.45) is 1.48. The lowest BCUT2D eigenvalue weighted by atomic mass is 10.1. The Labute approximate surface area is 179 Å². The van der Waals surface area contributed by atoms with Crippen LogP contribution in [-0.2, 0) is 6.61 Å². The van der Waals surface area contributed by atoms with Crippen molar-refractivity contribution in [3.05, 3.63) is 84.2 Å². The van der Waals surface area contributed by atoms with Crippen molar-refractivity contribution < 1.29 is 14.6 Å². The van der Waals surface area contributed by atoms with Gasteiger partial charge in [0.2, 0.25) is 0 Å². The summed E-state index contributed by atoms with van der Waals surface area (Å²) < 4.78 is 5.60. The first-order valence-corrected chi connectivity index (χ1v) is 9.92. The Bertz CT molecular complexity index is 1190. The lowest BCUT2D eigenvalue weighted by molar-refractivity contribution is 0.102. The summed E-state index contributed by atoms with van der Waals surface area (Å²) in [5.74, 6) is 1.06. The molecule has 0 aliphatic rings. The maximum absolute atomic E-state index is 12.3. The molecular weight excluding hydrogens is 392 g/mol. The van der Waals surface area contributed by atoms with Gasteiger partial charge in [-0.05, 0) is 49.4 Å². The number of anilines is 3. The molecule has 0 atom stereocenters. The van der Waals surface area contributed by atoms with E-state index in [9.17, 15) is 9.90 Å². The summed E-state index contributed by atoms with van der Waals surface area (Å²) in [6, 6.07) is 20.0. The summed E-state index contributed by atoms with van der Waals surface area (Å²) in [4.78, 5) is 21.0. The van der Waals surface area contributed by atoms with Crippen LogP contribution in [0.3, 0.4) is 0 Å². The Morgan fingerprint density at radius 1 is 1.00 bits per heavy atom. The smallest absolute Gasteiger partial charge is 0.255 e. The molecule has 0 radical (unpaired) electrons. The number of aliphatic hydroxyl groups excluding tert-OH is 1. The van der Waals surface area contributed by atoms with Crippen molar-refractivity contribution in [2.75, 3.05) is 17.2 Å². The molecule has 7 nitrogen and oxygen atoms in total. The Morgan fingerprint density at radius 3 is 2.45 bits per heavy atom. The van der Waals surface area contributed by atoms with Gasteiger partial charge in [-0.15, -0.1) is 0 Å². The largest absolute Gasteiger partial charge is 0.493 e. The Balaban J connectivity index is 1.54. The fourth-order valence-corrected chi connectivity index (χ4v) is 3.21. The topological polar surface area (TPSA) is 96.4 Å². The lowest BCUT2D eigenvalue weighted by Gasteiger charge is -2.13. The van der Waals surface area contributed by atoms with E-state index in [2.05, 4.69) is 20.6 Å². The normalized spacial score (nSPS) is 10.6. The molecule has 0 bridgehead atoms. The van der Waals surface area contributed by atoms with Crippen molar-refractivity contribution in [2.24, 2.45) is 0 Å². The minimum Gasteiger partial charge on any atom is -0.493 e. The zero-order valence-corrected chi connectivity index (χ0v) is 17.0. The summed E-state index contributed by atoms with van der Waals surface area (Å²) >= 11 is 0. The van der Waals surface area contributed by atoms with Gasteiger partial charge in [-0.1, -0.05) is 18.2 Å². The molecule has 31 heavy (non-hydrogen) atoms. The minimum atomic E-state index is -0.162. The quantitative estimate of drug-likeness (QED) is 0.412. The second-order valence-corrected chi connectivity index (χ2v) is 6.81. The molecule has 0 aliphatic heterocycles. The molecule has 3 aromatic carbocycles. The molecule has 1 aromatic heterocycles. The number of rotatable bonds is 7. The molecular formula is C24H22N4O3. The van der Waals surface area contributed by atoms with Gasteiger partial charge in [-0.2, -0.15) is 0 Å².